The first-order chi connectivity index (χ1) is 2.00. The standard InChI is InChI=1S/Al.Ca.Co.H4O4Si.5H/c;;;1-5(2,3)4;;;;;/h;;;1-4H;;;;;. The van der Waals surface area contributed by atoms with E-state index in [1.807, 2.05) is 0 Å². The normalized spacial score (nSPS) is 7.50. The molecule has 8 heteroatoms. The first-order valence-corrected chi connectivity index (χ1v) is 2.68. The molecule has 0 fully saturated rings. The molecule has 51 valence electrons. The predicted octanol–water partition coefficient (Wildman–Crippen LogP) is -4.71. The third-order valence-corrected chi connectivity index (χ3v) is 0. The summed E-state index contributed by atoms with van der Waals surface area (Å²) in [5, 5.41) is 0. The Kier molecular flexibility index (Phi) is 26.2. The molecule has 0 aliphatic carbocycles. The van der Waals surface area contributed by atoms with E-state index in [9.17, 15) is 0 Å². The Morgan fingerprint density at radius 2 is 0.875 bits per heavy atom. The topological polar surface area (TPSA) is 80.9 Å². The molecule has 0 aliphatic rings. The molecule has 0 amide bonds. The van der Waals surface area contributed by atoms with Crippen LogP contribution in [0.1, 0.15) is 0 Å². The first kappa shape index (κ1) is 22.4. The van der Waals surface area contributed by atoms with Crippen molar-refractivity contribution in [3.8, 4) is 0 Å². The minimum atomic E-state index is -4.61. The second kappa shape index (κ2) is 9.36. The Morgan fingerprint density at radius 3 is 0.875 bits per heavy atom. The Hall–Kier alpha value is 2.36. The van der Waals surface area contributed by atoms with Crippen molar-refractivity contribution in [3.05, 3.63) is 0 Å². The second-order valence-corrected chi connectivity index (χ2v) is 1.80. The molecule has 0 atom stereocenters. The van der Waals surface area contributed by atoms with Gasteiger partial charge in [0.25, 0.3) is 0 Å². The van der Waals surface area contributed by atoms with Gasteiger partial charge in [-0.25, -0.2) is 0 Å². The van der Waals surface area contributed by atoms with Gasteiger partial charge in [0.05, 0.1) is 0 Å². The molecule has 0 saturated heterocycles. The molecule has 0 bridgehead atoms. The first-order valence-electron chi connectivity index (χ1n) is 0.894. The summed E-state index contributed by atoms with van der Waals surface area (Å²) in [6, 6.07) is 0. The van der Waals surface area contributed by atoms with E-state index >= 15 is 0 Å². The van der Waals surface area contributed by atoms with E-state index in [0.29, 0.717) is 0 Å². The molecule has 0 aliphatic heterocycles. The van der Waals surface area contributed by atoms with Crippen molar-refractivity contribution in [2.24, 2.45) is 0 Å². The largest absolute Gasteiger partial charge is 0 e. The van der Waals surface area contributed by atoms with E-state index in [0.717, 1.165) is 0 Å². The van der Waals surface area contributed by atoms with Crippen molar-refractivity contribution in [3.63, 3.8) is 0 Å². The van der Waals surface area contributed by atoms with Crippen molar-refractivity contribution in [2.45, 2.75) is 0 Å². The van der Waals surface area contributed by atoms with Crippen molar-refractivity contribution in [2.75, 3.05) is 0 Å². The van der Waals surface area contributed by atoms with E-state index in [2.05, 4.69) is 0 Å². The Labute approximate surface area is 98.7 Å². The van der Waals surface area contributed by atoms with Crippen LogP contribution in [0.25, 0.3) is 0 Å². The maximum absolute atomic E-state index is 7.33. The average molecular weight is 227 g/mol. The molecule has 0 heterocycles. The SMILES string of the molecule is O[Si](O)(O)O.[AlH3].[CaH2].[Co]. The molecule has 0 aromatic heterocycles. The molecular formula is H9AlCaCoO4Si. The van der Waals surface area contributed by atoms with Crippen LogP contribution >= 0.6 is 0 Å². The van der Waals surface area contributed by atoms with Crippen LogP contribution in [0.4, 0.5) is 0 Å². The van der Waals surface area contributed by atoms with E-state index in [1.165, 1.54) is 0 Å². The smallest absolute Gasteiger partial charge is 0 e. The fourth-order valence-electron chi connectivity index (χ4n) is 0. The molecule has 0 unspecified atom stereocenters. The Bertz CT molecular complexity index is 31.5. The molecule has 4 N–H and O–H groups in total. The zero-order valence-electron chi connectivity index (χ0n) is 2.62. The van der Waals surface area contributed by atoms with Crippen LogP contribution in [-0.4, -0.2) is 83.3 Å². The molecule has 0 rings (SSSR count). The summed E-state index contributed by atoms with van der Waals surface area (Å²) < 4.78 is 0. The molecule has 0 aromatic carbocycles. The Morgan fingerprint density at radius 1 is 0.875 bits per heavy atom. The van der Waals surface area contributed by atoms with Crippen LogP contribution in [0, 0.1) is 0 Å². The minimum Gasteiger partial charge on any atom is 0 e. The summed E-state index contributed by atoms with van der Waals surface area (Å²) in [5.41, 5.74) is 0. The molecule has 0 spiro atoms. The maximum Gasteiger partial charge on any atom is 0 e. The number of rotatable bonds is 0. The summed E-state index contributed by atoms with van der Waals surface area (Å²) in [4.78, 5) is 29.3. The van der Waals surface area contributed by atoms with Gasteiger partial charge >= 0.3 is 46.8 Å². The third-order valence-electron chi connectivity index (χ3n) is 0. The van der Waals surface area contributed by atoms with Crippen molar-refractivity contribution < 1.29 is 36.0 Å². The molecular weight excluding hydrogens is 218 g/mol. The van der Waals surface area contributed by atoms with Gasteiger partial charge in [-0.05, 0) is 0 Å². The van der Waals surface area contributed by atoms with Gasteiger partial charge < -0.3 is 19.2 Å². The van der Waals surface area contributed by atoms with Gasteiger partial charge in [0.1, 0.15) is 0 Å². The van der Waals surface area contributed by atoms with E-state index in [-0.39, 0.29) is 71.9 Å². The zero-order chi connectivity index (χ0) is 4.50. The van der Waals surface area contributed by atoms with E-state index in [1.54, 1.807) is 0 Å². The predicted molar refractivity (Wildman–Crippen MR) is 33.1 cm³/mol. The summed E-state index contributed by atoms with van der Waals surface area (Å²) in [6.45, 7) is 0. The van der Waals surface area contributed by atoms with Gasteiger partial charge in [-0.2, -0.15) is 0 Å². The summed E-state index contributed by atoms with van der Waals surface area (Å²) in [6.07, 6.45) is 0. The van der Waals surface area contributed by atoms with Gasteiger partial charge in [0.15, 0.2) is 17.4 Å². The molecule has 0 saturated carbocycles. The van der Waals surface area contributed by atoms with Crippen LogP contribution in [0.5, 0.6) is 0 Å². The third kappa shape index (κ3) is 81.5. The maximum atomic E-state index is 7.33. The van der Waals surface area contributed by atoms with Gasteiger partial charge in [0.2, 0.25) is 0 Å². The van der Waals surface area contributed by atoms with Crippen molar-refractivity contribution >= 4 is 64.1 Å². The van der Waals surface area contributed by atoms with Crippen LogP contribution in [0.2, 0.25) is 0 Å². The Balaban J connectivity index is -0.0000000267. The second-order valence-electron chi connectivity index (χ2n) is 0.600. The zero-order valence-corrected chi connectivity index (χ0v) is 4.66. The molecule has 0 aromatic rings. The summed E-state index contributed by atoms with van der Waals surface area (Å²) in [5.74, 6) is 0. The molecule has 8 heavy (non-hydrogen) atoms. The van der Waals surface area contributed by atoms with Crippen molar-refractivity contribution in [1.29, 1.82) is 0 Å². The fraction of sp³-hybridized carbons (Fsp3) is 0. The van der Waals surface area contributed by atoms with Crippen LogP contribution in [-0.2, 0) is 16.8 Å². The van der Waals surface area contributed by atoms with Crippen molar-refractivity contribution in [1.82, 2.24) is 0 Å². The number of hydrogen-bond donors (Lipinski definition) is 4. The summed E-state index contributed by atoms with van der Waals surface area (Å²) in [7, 11) is -4.61. The van der Waals surface area contributed by atoms with E-state index in [4.69, 9.17) is 19.2 Å². The monoisotopic (exact) mass is 227 g/mol. The van der Waals surface area contributed by atoms with E-state index < -0.39 is 9.05 Å². The summed E-state index contributed by atoms with van der Waals surface area (Å²) >= 11 is 0. The quantitative estimate of drug-likeness (QED) is 0.313. The number of hydrogen-bond acceptors (Lipinski definition) is 4. The van der Waals surface area contributed by atoms with Crippen LogP contribution in [0.15, 0.2) is 0 Å². The molecule has 1 radical (unpaired) electrons. The van der Waals surface area contributed by atoms with Crippen LogP contribution < -0.4 is 0 Å². The van der Waals surface area contributed by atoms with Gasteiger partial charge in [-0.15, -0.1) is 0 Å². The minimum absolute atomic E-state index is 0. The van der Waals surface area contributed by atoms with Gasteiger partial charge in [-0.3, -0.25) is 0 Å². The van der Waals surface area contributed by atoms with Gasteiger partial charge in [-0.1, -0.05) is 0 Å². The van der Waals surface area contributed by atoms with Gasteiger partial charge in [0, 0.05) is 16.8 Å². The molecule has 4 nitrogen and oxygen atoms in total. The fourth-order valence-corrected chi connectivity index (χ4v) is 0. The van der Waals surface area contributed by atoms with Crippen LogP contribution in [0.3, 0.4) is 0 Å². The average Bonchev–Trinajstić information content (AvgIpc) is 0.722.